The zero-order chi connectivity index (χ0) is 14.2. The predicted octanol–water partition coefficient (Wildman–Crippen LogP) is 5.49. The van der Waals surface area contributed by atoms with E-state index >= 15 is 0 Å². The minimum atomic E-state index is 0.230. The molecule has 1 aliphatic heterocycles. The van der Waals surface area contributed by atoms with Gasteiger partial charge < -0.3 is 0 Å². The Balaban J connectivity index is 1.75. The average molecular weight is 271 g/mol. The van der Waals surface area contributed by atoms with Crippen molar-refractivity contribution >= 4 is 17.2 Å². The molecule has 20 heavy (non-hydrogen) atoms. The van der Waals surface area contributed by atoms with Crippen molar-refractivity contribution in [1.82, 2.24) is 0 Å². The largest absolute Gasteiger partial charge is 0.294 e. The molecule has 0 radical (unpaired) electrons. The van der Waals surface area contributed by atoms with Gasteiger partial charge in [-0.15, -0.1) is 0 Å². The van der Waals surface area contributed by atoms with Crippen LogP contribution in [0.15, 0.2) is 29.3 Å². The molecular formula is C18H25NO. The van der Waals surface area contributed by atoms with Crippen LogP contribution >= 0.6 is 0 Å². The maximum absolute atomic E-state index is 12.0. The molecule has 0 N–H and O–H groups in total. The zero-order valence-electron chi connectivity index (χ0n) is 12.5. The van der Waals surface area contributed by atoms with Crippen molar-refractivity contribution in [3.05, 3.63) is 29.8 Å². The van der Waals surface area contributed by atoms with Crippen LogP contribution < -0.4 is 0 Å². The van der Waals surface area contributed by atoms with E-state index in [9.17, 15) is 4.79 Å². The molecule has 0 bridgehead atoms. The maximum atomic E-state index is 12.0. The number of unbranched alkanes of at least 4 members (excludes halogenated alkanes) is 6. The molecule has 1 aliphatic rings. The van der Waals surface area contributed by atoms with E-state index in [1.165, 1.54) is 44.9 Å². The Bertz CT molecular complexity index is 476. The molecule has 0 unspecified atom stereocenters. The van der Waals surface area contributed by atoms with Crippen molar-refractivity contribution < 1.29 is 4.79 Å². The Labute approximate surface area is 122 Å². The molecule has 2 heteroatoms. The zero-order valence-corrected chi connectivity index (χ0v) is 12.5. The highest BCUT2D eigenvalue weighted by molar-refractivity contribution is 6.15. The number of fused-ring (bicyclic) bond motifs is 1. The fourth-order valence-electron chi connectivity index (χ4n) is 2.73. The Morgan fingerprint density at radius 2 is 1.70 bits per heavy atom. The molecule has 1 aromatic rings. The second-order valence-corrected chi connectivity index (χ2v) is 5.67. The Hall–Kier alpha value is -1.44. The van der Waals surface area contributed by atoms with Gasteiger partial charge in [-0.1, -0.05) is 57.6 Å². The third-order valence-corrected chi connectivity index (χ3v) is 3.92. The summed E-state index contributed by atoms with van der Waals surface area (Å²) >= 11 is 0. The van der Waals surface area contributed by atoms with Gasteiger partial charge in [0.05, 0.1) is 5.69 Å². The molecule has 0 atom stereocenters. The number of carbonyl (C=O) groups is 1. The number of benzene rings is 1. The molecule has 0 fully saturated rings. The second kappa shape index (κ2) is 7.98. The molecule has 0 spiro atoms. The number of aliphatic imine (C=N–C) groups is 1. The average Bonchev–Trinajstić information content (AvgIpc) is 2.46. The van der Waals surface area contributed by atoms with Crippen LogP contribution in [0.1, 0.15) is 75.1 Å². The smallest absolute Gasteiger partial charge is 0.170 e. The molecule has 0 saturated heterocycles. The predicted molar refractivity (Wildman–Crippen MR) is 85.1 cm³/mol. The number of carbonyl (C=O) groups excluding carboxylic acids is 1. The first-order chi connectivity index (χ1) is 9.81. The monoisotopic (exact) mass is 271 g/mol. The summed E-state index contributed by atoms with van der Waals surface area (Å²) < 4.78 is 0. The highest BCUT2D eigenvalue weighted by Gasteiger charge is 2.18. The summed E-state index contributed by atoms with van der Waals surface area (Å²) in [5, 5.41) is 0. The van der Waals surface area contributed by atoms with Gasteiger partial charge in [0, 0.05) is 17.7 Å². The van der Waals surface area contributed by atoms with E-state index in [-0.39, 0.29) is 5.78 Å². The summed E-state index contributed by atoms with van der Waals surface area (Å²) in [6.07, 6.45) is 10.6. The van der Waals surface area contributed by atoms with Gasteiger partial charge in [0.1, 0.15) is 0 Å². The van der Waals surface area contributed by atoms with Gasteiger partial charge in [-0.2, -0.15) is 0 Å². The first-order valence-electron chi connectivity index (χ1n) is 8.00. The van der Waals surface area contributed by atoms with Crippen molar-refractivity contribution in [3.8, 4) is 0 Å². The number of nitrogens with zero attached hydrogens (tertiary/aromatic N) is 1. The van der Waals surface area contributed by atoms with Gasteiger partial charge in [-0.3, -0.25) is 9.79 Å². The quantitative estimate of drug-likeness (QED) is 0.575. The summed E-state index contributed by atoms with van der Waals surface area (Å²) in [6, 6.07) is 7.68. The summed E-state index contributed by atoms with van der Waals surface area (Å²) in [4.78, 5) is 16.7. The van der Waals surface area contributed by atoms with E-state index < -0.39 is 0 Å². The number of hydrogen-bond acceptors (Lipinski definition) is 2. The van der Waals surface area contributed by atoms with Crippen LogP contribution in [0.4, 0.5) is 5.69 Å². The van der Waals surface area contributed by atoms with Crippen molar-refractivity contribution in [2.75, 3.05) is 0 Å². The van der Waals surface area contributed by atoms with Crippen LogP contribution in [0.25, 0.3) is 0 Å². The van der Waals surface area contributed by atoms with Gasteiger partial charge in [0.15, 0.2) is 5.78 Å². The van der Waals surface area contributed by atoms with E-state index in [2.05, 4.69) is 11.9 Å². The van der Waals surface area contributed by atoms with Gasteiger partial charge >= 0.3 is 0 Å². The van der Waals surface area contributed by atoms with Crippen LogP contribution in [0.2, 0.25) is 0 Å². The van der Waals surface area contributed by atoms with Gasteiger partial charge in [0.2, 0.25) is 0 Å². The van der Waals surface area contributed by atoms with E-state index in [4.69, 9.17) is 0 Å². The number of ketones is 1. The topological polar surface area (TPSA) is 29.4 Å². The molecule has 0 aromatic heterocycles. The van der Waals surface area contributed by atoms with Gasteiger partial charge in [-0.25, -0.2) is 0 Å². The third-order valence-electron chi connectivity index (χ3n) is 3.92. The van der Waals surface area contributed by atoms with E-state index in [1.807, 2.05) is 24.3 Å². The van der Waals surface area contributed by atoms with Gasteiger partial charge in [-0.05, 0) is 25.0 Å². The molecule has 1 aromatic carbocycles. The normalized spacial score (nSPS) is 14.1. The lowest BCUT2D eigenvalue weighted by molar-refractivity contribution is 0.0999. The Morgan fingerprint density at radius 3 is 2.50 bits per heavy atom. The van der Waals surface area contributed by atoms with Crippen LogP contribution in [-0.4, -0.2) is 11.5 Å². The minimum absolute atomic E-state index is 0.230. The SMILES string of the molecule is CCCCCCCCCC1=Nc2ccccc2C(=O)C1. The summed E-state index contributed by atoms with van der Waals surface area (Å²) in [5.41, 5.74) is 2.72. The van der Waals surface area contributed by atoms with Crippen molar-refractivity contribution in [3.63, 3.8) is 0 Å². The number of para-hydroxylation sites is 1. The van der Waals surface area contributed by atoms with E-state index in [0.29, 0.717) is 6.42 Å². The fourth-order valence-corrected chi connectivity index (χ4v) is 2.73. The van der Waals surface area contributed by atoms with Crippen molar-refractivity contribution in [2.24, 2.45) is 4.99 Å². The maximum Gasteiger partial charge on any atom is 0.170 e. The number of Topliss-reactive ketones (excluding diaryl/α,β-unsaturated/α-hetero) is 1. The highest BCUT2D eigenvalue weighted by atomic mass is 16.1. The first-order valence-corrected chi connectivity index (χ1v) is 8.00. The molecule has 0 saturated carbocycles. The number of hydrogen-bond donors (Lipinski definition) is 0. The molecule has 0 aliphatic carbocycles. The van der Waals surface area contributed by atoms with Gasteiger partial charge in [0.25, 0.3) is 0 Å². The van der Waals surface area contributed by atoms with Crippen LogP contribution in [-0.2, 0) is 0 Å². The molecule has 2 nitrogen and oxygen atoms in total. The Morgan fingerprint density at radius 1 is 1.00 bits per heavy atom. The molecule has 0 amide bonds. The lowest BCUT2D eigenvalue weighted by Gasteiger charge is -2.14. The van der Waals surface area contributed by atoms with Crippen LogP contribution in [0.5, 0.6) is 0 Å². The van der Waals surface area contributed by atoms with Crippen molar-refractivity contribution in [1.29, 1.82) is 0 Å². The lowest BCUT2D eigenvalue weighted by Crippen LogP contribution is -2.13. The third kappa shape index (κ3) is 4.29. The fraction of sp³-hybridized carbons (Fsp3) is 0.556. The number of rotatable bonds is 8. The molecular weight excluding hydrogens is 246 g/mol. The van der Waals surface area contributed by atoms with E-state index in [1.54, 1.807) is 0 Å². The van der Waals surface area contributed by atoms with Crippen LogP contribution in [0, 0.1) is 0 Å². The highest BCUT2D eigenvalue weighted by Crippen LogP contribution is 2.26. The summed E-state index contributed by atoms with van der Waals surface area (Å²) in [7, 11) is 0. The Kier molecular flexibility index (Phi) is 5.97. The second-order valence-electron chi connectivity index (χ2n) is 5.67. The summed E-state index contributed by atoms with van der Waals surface area (Å²) in [6.45, 7) is 2.25. The molecule has 2 rings (SSSR count). The van der Waals surface area contributed by atoms with Crippen molar-refractivity contribution in [2.45, 2.75) is 64.7 Å². The molecule has 108 valence electrons. The minimum Gasteiger partial charge on any atom is -0.294 e. The van der Waals surface area contributed by atoms with Crippen LogP contribution in [0.3, 0.4) is 0 Å². The standard InChI is InChI=1S/C18H25NO/c1-2-3-4-5-6-7-8-11-15-14-18(20)16-12-9-10-13-17(16)19-15/h9-10,12-13H,2-8,11,14H2,1H3. The first kappa shape index (κ1) is 15.0. The van der Waals surface area contributed by atoms with E-state index in [0.717, 1.165) is 23.4 Å². The summed E-state index contributed by atoms with van der Waals surface area (Å²) in [5.74, 6) is 0.230. The molecule has 1 heterocycles. The lowest BCUT2D eigenvalue weighted by atomic mass is 9.97.